The van der Waals surface area contributed by atoms with E-state index in [4.69, 9.17) is 26.6 Å². The first kappa shape index (κ1) is 17.2. The summed E-state index contributed by atoms with van der Waals surface area (Å²) in [5.74, 6) is 0. The second kappa shape index (κ2) is 6.16. The fourth-order valence-electron chi connectivity index (χ4n) is 2.22. The fourth-order valence-corrected chi connectivity index (χ4v) is 2.47. The highest BCUT2D eigenvalue weighted by Gasteiger charge is 2.52. The van der Waals surface area contributed by atoms with E-state index in [-0.39, 0.29) is 0 Å². The normalized spacial score (nSPS) is 20.3. The molecule has 6 heteroatoms. The molecule has 1 heterocycles. The van der Waals surface area contributed by atoms with Crippen molar-refractivity contribution in [3.05, 3.63) is 39.8 Å². The second-order valence-electron chi connectivity index (χ2n) is 6.45. The maximum atomic E-state index is 10.9. The van der Waals surface area contributed by atoms with E-state index in [9.17, 15) is 4.79 Å². The highest BCUT2D eigenvalue weighted by Crippen LogP contribution is 2.38. The summed E-state index contributed by atoms with van der Waals surface area (Å²) >= 11 is 6.02. The lowest BCUT2D eigenvalue weighted by atomic mass is 9.77. The summed E-state index contributed by atoms with van der Waals surface area (Å²) in [6.07, 6.45) is 2.63. The molecule has 0 amide bonds. The number of hydrogen-bond acceptors (Lipinski definition) is 4. The van der Waals surface area contributed by atoms with Crippen LogP contribution in [0.2, 0.25) is 5.02 Å². The van der Waals surface area contributed by atoms with E-state index in [1.807, 2.05) is 33.8 Å². The molecule has 0 bridgehead atoms. The van der Waals surface area contributed by atoms with Crippen molar-refractivity contribution in [2.75, 3.05) is 6.54 Å². The molecule has 4 nitrogen and oxygen atoms in total. The lowest BCUT2D eigenvalue weighted by Gasteiger charge is -2.32. The lowest BCUT2D eigenvalue weighted by molar-refractivity contribution is 0.00578. The van der Waals surface area contributed by atoms with E-state index in [1.54, 1.807) is 18.2 Å². The number of nitrogens with two attached hydrogens (primary N) is 1. The molecule has 0 aliphatic carbocycles. The van der Waals surface area contributed by atoms with Gasteiger partial charge < -0.3 is 15.0 Å². The SMILES string of the molecule is CC1(C)OB(C(=Cc2cc(Cl)cc(C=O)c2)CN)OC1(C)C. The molecule has 1 aromatic rings. The summed E-state index contributed by atoms with van der Waals surface area (Å²) in [4.78, 5) is 10.9. The number of carbonyl (C=O) groups excluding carboxylic acids is 1. The quantitative estimate of drug-likeness (QED) is 0.683. The van der Waals surface area contributed by atoms with E-state index in [0.29, 0.717) is 17.1 Å². The van der Waals surface area contributed by atoms with Crippen LogP contribution in [0.3, 0.4) is 0 Å². The van der Waals surface area contributed by atoms with Crippen LogP contribution in [-0.4, -0.2) is 31.2 Å². The molecule has 1 aliphatic rings. The van der Waals surface area contributed by atoms with Crippen molar-refractivity contribution in [2.45, 2.75) is 38.9 Å². The van der Waals surface area contributed by atoms with Gasteiger partial charge in [-0.3, -0.25) is 4.79 Å². The molecule has 0 radical (unpaired) electrons. The van der Waals surface area contributed by atoms with Gasteiger partial charge in [-0.2, -0.15) is 0 Å². The first-order valence-electron chi connectivity index (χ1n) is 7.20. The zero-order valence-electron chi connectivity index (χ0n) is 13.4. The van der Waals surface area contributed by atoms with Crippen LogP contribution in [0, 0.1) is 0 Å². The Morgan fingerprint density at radius 3 is 2.23 bits per heavy atom. The Bertz CT molecular complexity index is 597. The van der Waals surface area contributed by atoms with Crippen LogP contribution >= 0.6 is 11.6 Å². The van der Waals surface area contributed by atoms with Crippen LogP contribution < -0.4 is 5.73 Å². The van der Waals surface area contributed by atoms with E-state index in [0.717, 1.165) is 17.3 Å². The van der Waals surface area contributed by atoms with Gasteiger partial charge in [-0.05, 0) is 56.9 Å². The number of aldehydes is 1. The summed E-state index contributed by atoms with van der Waals surface area (Å²) in [7, 11) is -0.506. The Kier molecular flexibility index (Phi) is 4.83. The number of benzene rings is 1. The third-order valence-electron chi connectivity index (χ3n) is 4.22. The average molecular weight is 322 g/mol. The summed E-state index contributed by atoms with van der Waals surface area (Å²) < 4.78 is 12.0. The average Bonchev–Trinajstić information content (AvgIpc) is 2.64. The molecule has 0 unspecified atom stereocenters. The van der Waals surface area contributed by atoms with Crippen LogP contribution in [0.5, 0.6) is 0 Å². The van der Waals surface area contributed by atoms with Gasteiger partial charge in [-0.25, -0.2) is 0 Å². The van der Waals surface area contributed by atoms with Crippen LogP contribution in [0.4, 0.5) is 0 Å². The van der Waals surface area contributed by atoms with Gasteiger partial charge in [0.05, 0.1) is 11.2 Å². The van der Waals surface area contributed by atoms with Crippen LogP contribution in [-0.2, 0) is 9.31 Å². The highest BCUT2D eigenvalue weighted by atomic mass is 35.5. The molecule has 1 aromatic carbocycles. The van der Waals surface area contributed by atoms with Crippen molar-refractivity contribution in [1.29, 1.82) is 0 Å². The largest absolute Gasteiger partial charge is 0.491 e. The molecule has 0 atom stereocenters. The van der Waals surface area contributed by atoms with Crippen molar-refractivity contribution in [2.24, 2.45) is 5.73 Å². The van der Waals surface area contributed by atoms with Gasteiger partial charge in [-0.15, -0.1) is 0 Å². The van der Waals surface area contributed by atoms with Gasteiger partial charge in [0.1, 0.15) is 6.29 Å². The minimum absolute atomic E-state index is 0.291. The molecular formula is C16H21BClNO3. The predicted molar refractivity (Wildman–Crippen MR) is 90.0 cm³/mol. The zero-order valence-corrected chi connectivity index (χ0v) is 14.1. The minimum Gasteiger partial charge on any atom is -0.400 e. The van der Waals surface area contributed by atoms with Gasteiger partial charge in [-0.1, -0.05) is 17.7 Å². The van der Waals surface area contributed by atoms with Gasteiger partial charge in [0, 0.05) is 17.1 Å². The van der Waals surface area contributed by atoms with E-state index in [1.165, 1.54) is 0 Å². The molecule has 0 saturated carbocycles. The fraction of sp³-hybridized carbons (Fsp3) is 0.438. The van der Waals surface area contributed by atoms with Crippen molar-refractivity contribution in [1.82, 2.24) is 0 Å². The highest BCUT2D eigenvalue weighted by molar-refractivity contribution is 6.55. The second-order valence-corrected chi connectivity index (χ2v) is 6.88. The Morgan fingerprint density at radius 2 is 1.73 bits per heavy atom. The number of hydrogen-bond donors (Lipinski definition) is 1. The third-order valence-corrected chi connectivity index (χ3v) is 4.44. The van der Waals surface area contributed by atoms with Gasteiger partial charge in [0.15, 0.2) is 0 Å². The summed E-state index contributed by atoms with van der Waals surface area (Å²) in [5, 5.41) is 0.501. The van der Waals surface area contributed by atoms with Gasteiger partial charge >= 0.3 is 7.12 Å². The topological polar surface area (TPSA) is 61.5 Å². The lowest BCUT2D eigenvalue weighted by Crippen LogP contribution is -2.41. The maximum absolute atomic E-state index is 10.9. The molecule has 1 fully saturated rings. The predicted octanol–water partition coefficient (Wildman–Crippen LogP) is 3.13. The Hall–Kier alpha value is -1.14. The summed E-state index contributed by atoms with van der Waals surface area (Å²) in [6.45, 7) is 8.26. The third kappa shape index (κ3) is 3.44. The molecule has 2 rings (SSSR count). The molecule has 0 spiro atoms. The van der Waals surface area contributed by atoms with Crippen molar-refractivity contribution in [3.8, 4) is 0 Å². The first-order valence-corrected chi connectivity index (χ1v) is 7.58. The number of carbonyl (C=O) groups is 1. The molecule has 2 N–H and O–H groups in total. The maximum Gasteiger partial charge on any atom is 0.491 e. The Balaban J connectivity index is 2.33. The number of halogens is 1. The molecule has 22 heavy (non-hydrogen) atoms. The molecule has 118 valence electrons. The van der Waals surface area contributed by atoms with Crippen LogP contribution in [0.15, 0.2) is 23.7 Å². The molecule has 1 aliphatic heterocycles. The Morgan fingerprint density at radius 1 is 1.18 bits per heavy atom. The van der Waals surface area contributed by atoms with Crippen molar-refractivity contribution >= 4 is 31.1 Å². The van der Waals surface area contributed by atoms with Crippen molar-refractivity contribution < 1.29 is 14.1 Å². The number of rotatable bonds is 4. The molecule has 1 saturated heterocycles. The molecule has 0 aromatic heterocycles. The Labute approximate surface area is 136 Å². The van der Waals surface area contributed by atoms with Crippen LogP contribution in [0.25, 0.3) is 6.08 Å². The monoisotopic (exact) mass is 321 g/mol. The smallest absolute Gasteiger partial charge is 0.400 e. The first-order chi connectivity index (χ1) is 10.2. The van der Waals surface area contributed by atoms with Gasteiger partial charge in [0.25, 0.3) is 0 Å². The summed E-state index contributed by atoms with van der Waals surface area (Å²) in [5.41, 5.74) is 7.13. The van der Waals surface area contributed by atoms with Crippen LogP contribution in [0.1, 0.15) is 43.6 Å². The van der Waals surface area contributed by atoms with E-state index in [2.05, 4.69) is 0 Å². The van der Waals surface area contributed by atoms with E-state index < -0.39 is 18.3 Å². The zero-order chi connectivity index (χ0) is 16.5. The van der Waals surface area contributed by atoms with Crippen molar-refractivity contribution in [3.63, 3.8) is 0 Å². The van der Waals surface area contributed by atoms with Gasteiger partial charge in [0.2, 0.25) is 0 Å². The standard InChI is InChI=1S/C16H21BClNO3/c1-15(2)16(3,4)22-17(21-15)13(9-19)6-11-5-12(10-20)8-14(18)7-11/h5-8,10H,9,19H2,1-4H3. The molecular weight excluding hydrogens is 300 g/mol. The van der Waals surface area contributed by atoms with E-state index >= 15 is 0 Å². The summed E-state index contributed by atoms with van der Waals surface area (Å²) in [6, 6.07) is 5.14. The minimum atomic E-state index is -0.506.